The molecule has 2 heterocycles. The number of carbonyl (C=O) groups is 1. The molecule has 1 aromatic rings. The summed E-state index contributed by atoms with van der Waals surface area (Å²) in [6.45, 7) is 0.821. The molecule has 0 saturated carbocycles. The molecule has 4 nitrogen and oxygen atoms in total. The fraction of sp³-hybridized carbons (Fsp3) is 0.444. The molecule has 1 aliphatic rings. The number of furan rings is 1. The first-order chi connectivity index (χ1) is 6.70. The lowest BCUT2D eigenvalue weighted by Crippen LogP contribution is -2.34. The van der Waals surface area contributed by atoms with Crippen molar-refractivity contribution in [1.82, 2.24) is 0 Å². The molecule has 14 heavy (non-hydrogen) atoms. The van der Waals surface area contributed by atoms with Crippen LogP contribution in [0.4, 0.5) is 0 Å². The van der Waals surface area contributed by atoms with Crippen molar-refractivity contribution in [3.05, 3.63) is 22.6 Å². The average Bonchev–Trinajstić information content (AvgIpc) is 2.73. The Kier molecular flexibility index (Phi) is 2.71. The van der Waals surface area contributed by atoms with Gasteiger partial charge in [-0.3, -0.25) is 4.79 Å². The Morgan fingerprint density at radius 2 is 2.36 bits per heavy atom. The van der Waals surface area contributed by atoms with E-state index in [0.29, 0.717) is 23.4 Å². The number of halogens is 1. The van der Waals surface area contributed by atoms with E-state index in [1.54, 1.807) is 6.07 Å². The summed E-state index contributed by atoms with van der Waals surface area (Å²) in [7, 11) is 0. The van der Waals surface area contributed by atoms with Crippen LogP contribution in [0.5, 0.6) is 0 Å². The summed E-state index contributed by atoms with van der Waals surface area (Å²) in [4.78, 5) is 11.9. The van der Waals surface area contributed by atoms with Gasteiger partial charge in [0.2, 0.25) is 5.78 Å². The first-order valence-corrected chi connectivity index (χ1v) is 5.10. The van der Waals surface area contributed by atoms with Gasteiger partial charge in [-0.2, -0.15) is 0 Å². The van der Waals surface area contributed by atoms with Gasteiger partial charge >= 0.3 is 0 Å². The molecule has 0 amide bonds. The molecule has 1 fully saturated rings. The molecule has 1 aromatic heterocycles. The van der Waals surface area contributed by atoms with Gasteiger partial charge in [0, 0.05) is 6.04 Å². The van der Waals surface area contributed by atoms with Crippen molar-refractivity contribution in [3.8, 4) is 0 Å². The zero-order chi connectivity index (χ0) is 10.1. The van der Waals surface area contributed by atoms with Gasteiger partial charge in [-0.15, -0.1) is 0 Å². The highest BCUT2D eigenvalue weighted by Crippen LogP contribution is 2.24. The number of Topliss-reactive ketones (excluding diaryl/α,β-unsaturated/α-hetero) is 1. The molecule has 2 rings (SSSR count). The van der Waals surface area contributed by atoms with E-state index < -0.39 is 0 Å². The molecule has 2 atom stereocenters. The molecule has 2 unspecified atom stereocenters. The zero-order valence-electron chi connectivity index (χ0n) is 7.40. The van der Waals surface area contributed by atoms with Crippen molar-refractivity contribution < 1.29 is 13.9 Å². The van der Waals surface area contributed by atoms with E-state index in [1.165, 1.54) is 6.26 Å². The minimum absolute atomic E-state index is 0.0909. The number of hydrogen-bond acceptors (Lipinski definition) is 4. The normalized spacial score (nSPS) is 26.7. The third-order valence-electron chi connectivity index (χ3n) is 2.30. The molecule has 76 valence electrons. The molecular formula is C9H10BrNO3. The number of nitrogens with two attached hydrogens (primary N) is 1. The highest BCUT2D eigenvalue weighted by molar-refractivity contribution is 9.10. The molecule has 1 aliphatic heterocycles. The van der Waals surface area contributed by atoms with Gasteiger partial charge in [-0.25, -0.2) is 0 Å². The summed E-state index contributed by atoms with van der Waals surface area (Å²) in [5, 5.41) is 0. The van der Waals surface area contributed by atoms with Crippen LogP contribution in [-0.2, 0) is 4.74 Å². The molecule has 0 aliphatic carbocycles. The molecule has 0 radical (unpaired) electrons. The van der Waals surface area contributed by atoms with Crippen LogP contribution < -0.4 is 5.73 Å². The Hall–Kier alpha value is -0.650. The maximum atomic E-state index is 11.9. The van der Waals surface area contributed by atoms with Gasteiger partial charge in [0.25, 0.3) is 0 Å². The van der Waals surface area contributed by atoms with Crippen molar-refractivity contribution in [1.29, 1.82) is 0 Å². The molecular weight excluding hydrogens is 250 g/mol. The molecule has 1 saturated heterocycles. The second-order valence-electron chi connectivity index (χ2n) is 3.27. The Balaban J connectivity index is 2.20. The number of ketones is 1. The van der Waals surface area contributed by atoms with Crippen molar-refractivity contribution in [2.24, 2.45) is 11.7 Å². The Labute approximate surface area is 89.5 Å². The van der Waals surface area contributed by atoms with Crippen molar-refractivity contribution in [2.75, 3.05) is 13.2 Å². The monoisotopic (exact) mass is 259 g/mol. The minimum Gasteiger partial charge on any atom is -0.460 e. The molecule has 0 bridgehead atoms. The summed E-state index contributed by atoms with van der Waals surface area (Å²) in [5.74, 6) is -0.0414. The number of ether oxygens (including phenoxy) is 1. The molecule has 5 heteroatoms. The quantitative estimate of drug-likeness (QED) is 0.811. The lowest BCUT2D eigenvalue weighted by molar-refractivity contribution is 0.0866. The number of rotatable bonds is 2. The summed E-state index contributed by atoms with van der Waals surface area (Å²) in [5.41, 5.74) is 5.73. The maximum Gasteiger partial charge on any atom is 0.206 e. The summed E-state index contributed by atoms with van der Waals surface area (Å²) >= 11 is 3.24. The Bertz CT molecular complexity index is 350. The highest BCUT2D eigenvalue weighted by atomic mass is 79.9. The Morgan fingerprint density at radius 1 is 1.57 bits per heavy atom. The SMILES string of the molecule is NC1COCC1C(=O)c1occc1Br. The van der Waals surface area contributed by atoms with Crippen LogP contribution in [0.3, 0.4) is 0 Å². The van der Waals surface area contributed by atoms with Crippen LogP contribution in [0, 0.1) is 5.92 Å². The van der Waals surface area contributed by atoms with Crippen molar-refractivity contribution in [2.45, 2.75) is 6.04 Å². The van der Waals surface area contributed by atoms with Crippen LogP contribution in [-0.4, -0.2) is 25.0 Å². The summed E-state index contributed by atoms with van der Waals surface area (Å²) < 4.78 is 10.9. The predicted octanol–water partition coefficient (Wildman–Crippen LogP) is 1.20. The van der Waals surface area contributed by atoms with Crippen LogP contribution >= 0.6 is 15.9 Å². The zero-order valence-corrected chi connectivity index (χ0v) is 8.99. The van der Waals surface area contributed by atoms with Gasteiger partial charge in [0.15, 0.2) is 5.76 Å². The van der Waals surface area contributed by atoms with Crippen LogP contribution in [0.1, 0.15) is 10.6 Å². The predicted molar refractivity (Wildman–Crippen MR) is 53.0 cm³/mol. The first-order valence-electron chi connectivity index (χ1n) is 4.30. The fourth-order valence-corrected chi connectivity index (χ4v) is 1.88. The van der Waals surface area contributed by atoms with Crippen LogP contribution in [0.25, 0.3) is 0 Å². The van der Waals surface area contributed by atoms with Gasteiger partial charge in [-0.05, 0) is 22.0 Å². The van der Waals surface area contributed by atoms with E-state index in [0.717, 1.165) is 0 Å². The van der Waals surface area contributed by atoms with E-state index in [-0.39, 0.29) is 17.7 Å². The van der Waals surface area contributed by atoms with Gasteiger partial charge in [0.1, 0.15) is 0 Å². The van der Waals surface area contributed by atoms with Gasteiger partial charge in [0.05, 0.1) is 29.9 Å². The molecule has 0 spiro atoms. The minimum atomic E-state index is -0.280. The van der Waals surface area contributed by atoms with Crippen LogP contribution in [0.2, 0.25) is 0 Å². The second kappa shape index (κ2) is 3.84. The lowest BCUT2D eigenvalue weighted by atomic mass is 9.98. The second-order valence-corrected chi connectivity index (χ2v) is 4.12. The summed E-state index contributed by atoms with van der Waals surface area (Å²) in [6.07, 6.45) is 1.47. The topological polar surface area (TPSA) is 65.5 Å². The summed E-state index contributed by atoms with van der Waals surface area (Å²) in [6, 6.07) is 1.47. The highest BCUT2D eigenvalue weighted by Gasteiger charge is 2.34. The van der Waals surface area contributed by atoms with E-state index in [1.807, 2.05) is 0 Å². The first kappa shape index (κ1) is 9.89. The third kappa shape index (κ3) is 1.63. The van der Waals surface area contributed by atoms with Crippen molar-refractivity contribution in [3.63, 3.8) is 0 Å². The van der Waals surface area contributed by atoms with E-state index in [9.17, 15) is 4.79 Å². The van der Waals surface area contributed by atoms with E-state index >= 15 is 0 Å². The van der Waals surface area contributed by atoms with Gasteiger partial charge < -0.3 is 14.9 Å². The molecule has 0 aromatic carbocycles. The van der Waals surface area contributed by atoms with E-state index in [2.05, 4.69) is 15.9 Å². The number of hydrogen-bond donors (Lipinski definition) is 1. The third-order valence-corrected chi connectivity index (χ3v) is 2.93. The fourth-order valence-electron chi connectivity index (χ4n) is 1.48. The van der Waals surface area contributed by atoms with Crippen molar-refractivity contribution >= 4 is 21.7 Å². The van der Waals surface area contributed by atoms with Crippen LogP contribution in [0.15, 0.2) is 21.2 Å². The maximum absolute atomic E-state index is 11.9. The Morgan fingerprint density at radius 3 is 2.86 bits per heavy atom. The smallest absolute Gasteiger partial charge is 0.206 e. The molecule has 2 N–H and O–H groups in total. The standard InChI is InChI=1S/C9H10BrNO3/c10-6-1-2-14-9(6)8(12)5-3-13-4-7(5)11/h1-2,5,7H,3-4,11H2. The lowest BCUT2D eigenvalue weighted by Gasteiger charge is -2.09. The van der Waals surface area contributed by atoms with Gasteiger partial charge in [-0.1, -0.05) is 0 Å². The largest absolute Gasteiger partial charge is 0.460 e. The number of carbonyl (C=O) groups excluding carboxylic acids is 1. The van der Waals surface area contributed by atoms with E-state index in [4.69, 9.17) is 14.9 Å². The average molecular weight is 260 g/mol.